The second-order valence-corrected chi connectivity index (χ2v) is 5.16. The van der Waals surface area contributed by atoms with Crippen molar-refractivity contribution in [3.63, 3.8) is 0 Å². The average Bonchev–Trinajstić information content (AvgIpc) is 2.44. The van der Waals surface area contributed by atoms with E-state index in [1.165, 1.54) is 6.92 Å². The molecule has 4 N–H and O–H groups in total. The molecule has 3 atom stereocenters. The van der Waals surface area contributed by atoms with Gasteiger partial charge in [-0.1, -0.05) is 0 Å². The average molecular weight is 297 g/mol. The van der Waals surface area contributed by atoms with E-state index in [1.807, 2.05) is 6.92 Å². The number of carbonyl (C=O) groups is 1. The standard InChI is InChI=1S/C14H23N3O4/c1-9(17-10(2)19)3-4-11-6-16-12(7-15-11)5-13(20)14(21)8-18/h6-7,9,13-14,18,20-21H,3-5,8H2,1-2H3,(H,17,19)/t9-,13+,14-/m1/s1. The highest BCUT2D eigenvalue weighted by molar-refractivity contribution is 5.73. The van der Waals surface area contributed by atoms with Crippen LogP contribution in [0.15, 0.2) is 12.4 Å². The number of carbonyl (C=O) groups excluding carboxylic acids is 1. The second kappa shape index (κ2) is 8.66. The van der Waals surface area contributed by atoms with E-state index in [-0.39, 0.29) is 18.4 Å². The summed E-state index contributed by atoms with van der Waals surface area (Å²) < 4.78 is 0. The van der Waals surface area contributed by atoms with E-state index in [9.17, 15) is 15.0 Å². The van der Waals surface area contributed by atoms with Gasteiger partial charge in [0, 0.05) is 31.8 Å². The molecule has 0 radical (unpaired) electrons. The van der Waals surface area contributed by atoms with Crippen molar-refractivity contribution in [1.29, 1.82) is 0 Å². The van der Waals surface area contributed by atoms with Crippen LogP contribution in [0.3, 0.4) is 0 Å². The molecule has 1 heterocycles. The molecule has 0 aliphatic rings. The molecule has 0 saturated carbocycles. The van der Waals surface area contributed by atoms with Crippen LogP contribution in [0.2, 0.25) is 0 Å². The zero-order valence-electron chi connectivity index (χ0n) is 12.4. The number of nitrogens with one attached hydrogen (secondary N) is 1. The highest BCUT2D eigenvalue weighted by Crippen LogP contribution is 2.05. The van der Waals surface area contributed by atoms with Gasteiger partial charge in [0.15, 0.2) is 0 Å². The van der Waals surface area contributed by atoms with Gasteiger partial charge in [0.1, 0.15) is 6.10 Å². The number of nitrogens with zero attached hydrogens (tertiary/aromatic N) is 2. The van der Waals surface area contributed by atoms with Crippen LogP contribution >= 0.6 is 0 Å². The second-order valence-electron chi connectivity index (χ2n) is 5.16. The lowest BCUT2D eigenvalue weighted by Crippen LogP contribution is -2.31. The molecule has 7 heteroatoms. The number of aliphatic hydroxyl groups is 3. The molecule has 1 aromatic heterocycles. The van der Waals surface area contributed by atoms with Crippen molar-refractivity contribution >= 4 is 5.91 Å². The highest BCUT2D eigenvalue weighted by atomic mass is 16.4. The number of amides is 1. The van der Waals surface area contributed by atoms with Crippen molar-refractivity contribution in [3.05, 3.63) is 23.8 Å². The molecular weight excluding hydrogens is 274 g/mol. The maximum atomic E-state index is 10.9. The van der Waals surface area contributed by atoms with Crippen LogP contribution in [0.5, 0.6) is 0 Å². The molecule has 0 spiro atoms. The summed E-state index contributed by atoms with van der Waals surface area (Å²) in [5, 5.41) is 30.4. The molecule has 1 rings (SSSR count). The van der Waals surface area contributed by atoms with Crippen LogP contribution in [0, 0.1) is 0 Å². The first-order valence-electron chi connectivity index (χ1n) is 6.96. The van der Waals surface area contributed by atoms with Crippen LogP contribution in [0.25, 0.3) is 0 Å². The van der Waals surface area contributed by atoms with Gasteiger partial charge in [0.05, 0.1) is 24.1 Å². The Morgan fingerprint density at radius 1 is 1.24 bits per heavy atom. The predicted molar refractivity (Wildman–Crippen MR) is 76.4 cm³/mol. The van der Waals surface area contributed by atoms with E-state index in [2.05, 4.69) is 15.3 Å². The summed E-state index contributed by atoms with van der Waals surface area (Å²) in [6, 6.07) is 0.0745. The van der Waals surface area contributed by atoms with Gasteiger partial charge in [-0.15, -0.1) is 0 Å². The zero-order valence-corrected chi connectivity index (χ0v) is 12.4. The Hall–Kier alpha value is -1.57. The van der Waals surface area contributed by atoms with Crippen LogP contribution in [-0.4, -0.2) is 56.1 Å². The number of rotatable bonds is 8. The molecule has 118 valence electrons. The smallest absolute Gasteiger partial charge is 0.217 e. The third-order valence-corrected chi connectivity index (χ3v) is 3.09. The number of aromatic nitrogens is 2. The largest absolute Gasteiger partial charge is 0.394 e. The summed E-state index contributed by atoms with van der Waals surface area (Å²) in [5.41, 5.74) is 1.35. The minimum Gasteiger partial charge on any atom is -0.394 e. The van der Waals surface area contributed by atoms with Gasteiger partial charge in [0.2, 0.25) is 5.91 Å². The SMILES string of the molecule is CC(=O)N[C@H](C)CCc1cnc(C[C@H](O)[C@H](O)CO)cn1. The van der Waals surface area contributed by atoms with Crippen molar-refractivity contribution in [2.45, 2.75) is 51.4 Å². The number of aryl methyl sites for hydroxylation is 1. The van der Waals surface area contributed by atoms with E-state index < -0.39 is 18.8 Å². The fraction of sp³-hybridized carbons (Fsp3) is 0.643. The van der Waals surface area contributed by atoms with Crippen molar-refractivity contribution in [3.8, 4) is 0 Å². The lowest BCUT2D eigenvalue weighted by Gasteiger charge is -2.15. The molecule has 1 amide bonds. The van der Waals surface area contributed by atoms with Crippen molar-refractivity contribution in [2.75, 3.05) is 6.61 Å². The monoisotopic (exact) mass is 297 g/mol. The van der Waals surface area contributed by atoms with E-state index in [1.54, 1.807) is 12.4 Å². The van der Waals surface area contributed by atoms with Gasteiger partial charge in [-0.05, 0) is 19.8 Å². The van der Waals surface area contributed by atoms with Crippen LogP contribution in [-0.2, 0) is 17.6 Å². The van der Waals surface area contributed by atoms with Crippen LogP contribution in [0.4, 0.5) is 0 Å². The first kappa shape index (κ1) is 17.5. The molecule has 0 saturated heterocycles. The van der Waals surface area contributed by atoms with E-state index >= 15 is 0 Å². The van der Waals surface area contributed by atoms with Crippen LogP contribution < -0.4 is 5.32 Å². The Kier molecular flexibility index (Phi) is 7.21. The molecule has 7 nitrogen and oxygen atoms in total. The molecule has 21 heavy (non-hydrogen) atoms. The summed E-state index contributed by atoms with van der Waals surface area (Å²) in [6.07, 6.45) is 2.52. The molecule has 0 fully saturated rings. The Balaban J connectivity index is 2.45. The Morgan fingerprint density at radius 2 is 1.86 bits per heavy atom. The molecule has 0 aliphatic carbocycles. The fourth-order valence-electron chi connectivity index (χ4n) is 1.87. The Labute approximate surface area is 124 Å². The summed E-state index contributed by atoms with van der Waals surface area (Å²) >= 11 is 0. The number of aliphatic hydroxyl groups excluding tert-OH is 3. The normalized spacial score (nSPS) is 15.3. The molecular formula is C14H23N3O4. The predicted octanol–water partition coefficient (Wildman–Crippen LogP) is -0.810. The molecule has 1 aromatic rings. The van der Waals surface area contributed by atoms with Gasteiger partial charge in [0.25, 0.3) is 0 Å². The maximum absolute atomic E-state index is 10.9. The van der Waals surface area contributed by atoms with Gasteiger partial charge < -0.3 is 20.6 Å². The molecule has 0 bridgehead atoms. The molecule has 0 unspecified atom stereocenters. The first-order chi connectivity index (χ1) is 9.92. The minimum absolute atomic E-state index is 0.0552. The third kappa shape index (κ3) is 6.61. The topological polar surface area (TPSA) is 116 Å². The third-order valence-electron chi connectivity index (χ3n) is 3.09. The number of hydrogen-bond acceptors (Lipinski definition) is 6. The lowest BCUT2D eigenvalue weighted by molar-refractivity contribution is -0.119. The lowest BCUT2D eigenvalue weighted by atomic mass is 10.1. The Morgan fingerprint density at radius 3 is 2.38 bits per heavy atom. The Bertz CT molecular complexity index is 438. The zero-order chi connectivity index (χ0) is 15.8. The number of hydrogen-bond donors (Lipinski definition) is 4. The van der Waals surface area contributed by atoms with E-state index in [0.717, 1.165) is 12.1 Å². The summed E-state index contributed by atoms with van der Waals surface area (Å²) in [7, 11) is 0. The highest BCUT2D eigenvalue weighted by Gasteiger charge is 2.16. The minimum atomic E-state index is -1.18. The first-order valence-corrected chi connectivity index (χ1v) is 6.96. The van der Waals surface area contributed by atoms with E-state index in [4.69, 9.17) is 5.11 Å². The van der Waals surface area contributed by atoms with Crippen LogP contribution in [0.1, 0.15) is 31.7 Å². The van der Waals surface area contributed by atoms with Gasteiger partial charge >= 0.3 is 0 Å². The summed E-state index contributed by atoms with van der Waals surface area (Å²) in [4.78, 5) is 19.3. The van der Waals surface area contributed by atoms with Crippen molar-refractivity contribution in [2.24, 2.45) is 0 Å². The molecule has 0 aromatic carbocycles. The quantitative estimate of drug-likeness (QED) is 0.499. The van der Waals surface area contributed by atoms with Crippen molar-refractivity contribution in [1.82, 2.24) is 15.3 Å². The maximum Gasteiger partial charge on any atom is 0.217 e. The summed E-state index contributed by atoms with van der Waals surface area (Å²) in [6.45, 7) is 2.92. The van der Waals surface area contributed by atoms with Crippen molar-refractivity contribution < 1.29 is 20.1 Å². The fourth-order valence-corrected chi connectivity index (χ4v) is 1.87. The molecule has 0 aliphatic heterocycles. The van der Waals surface area contributed by atoms with E-state index in [0.29, 0.717) is 12.1 Å². The van der Waals surface area contributed by atoms with Gasteiger partial charge in [-0.25, -0.2) is 0 Å². The summed E-state index contributed by atoms with van der Waals surface area (Å²) in [5.74, 6) is -0.0552. The van der Waals surface area contributed by atoms with Gasteiger partial charge in [-0.2, -0.15) is 0 Å². The van der Waals surface area contributed by atoms with Gasteiger partial charge in [-0.3, -0.25) is 14.8 Å².